The lowest BCUT2D eigenvalue weighted by Crippen LogP contribution is -2.25. The normalized spacial score (nSPS) is 11.0. The van der Waals surface area contributed by atoms with Crippen LogP contribution in [-0.4, -0.2) is 31.6 Å². The van der Waals surface area contributed by atoms with E-state index in [1.807, 2.05) is 12.1 Å². The summed E-state index contributed by atoms with van der Waals surface area (Å²) in [5.74, 6) is 0.0275. The third kappa shape index (κ3) is 4.39. The summed E-state index contributed by atoms with van der Waals surface area (Å²) in [6.07, 6.45) is 0. The Hall–Kier alpha value is -2.61. The number of carbonyl (C=O) groups excluding carboxylic acids is 1. The van der Waals surface area contributed by atoms with E-state index in [0.717, 1.165) is 9.86 Å². The van der Waals surface area contributed by atoms with Crippen LogP contribution in [0.3, 0.4) is 0 Å². The highest BCUT2D eigenvalue weighted by Gasteiger charge is 2.18. The average Bonchev–Trinajstić information content (AvgIpc) is 3.04. The smallest absolute Gasteiger partial charge is 0.387 e. The van der Waals surface area contributed by atoms with Crippen molar-refractivity contribution in [2.24, 2.45) is 0 Å². The molecule has 3 rings (SSSR count). The van der Waals surface area contributed by atoms with Gasteiger partial charge in [-0.1, -0.05) is 22.0 Å². The number of amides is 1. The number of fused-ring (bicyclic) bond motifs is 1. The zero-order valence-electron chi connectivity index (χ0n) is 14.5. The van der Waals surface area contributed by atoms with Gasteiger partial charge in [0.25, 0.3) is 5.91 Å². The van der Waals surface area contributed by atoms with E-state index in [0.29, 0.717) is 11.1 Å². The summed E-state index contributed by atoms with van der Waals surface area (Å²) in [6.45, 7) is -2.70. The van der Waals surface area contributed by atoms with Crippen LogP contribution in [0.5, 0.6) is 11.5 Å². The van der Waals surface area contributed by atoms with Crippen molar-refractivity contribution in [3.8, 4) is 11.5 Å². The van der Waals surface area contributed by atoms with E-state index in [1.165, 1.54) is 18.1 Å². The van der Waals surface area contributed by atoms with Crippen LogP contribution in [-0.2, 0) is 6.54 Å². The Kier molecular flexibility index (Phi) is 5.65. The Bertz CT molecular complexity index is 973. The molecule has 27 heavy (non-hydrogen) atoms. The fourth-order valence-corrected chi connectivity index (χ4v) is 3.04. The van der Waals surface area contributed by atoms with Gasteiger partial charge in [-0.3, -0.25) is 4.79 Å². The summed E-state index contributed by atoms with van der Waals surface area (Å²) in [5.41, 5.74) is 1.31. The lowest BCUT2D eigenvalue weighted by Gasteiger charge is -2.17. The maximum Gasteiger partial charge on any atom is 0.387 e. The van der Waals surface area contributed by atoms with Gasteiger partial charge >= 0.3 is 6.61 Å². The van der Waals surface area contributed by atoms with Crippen molar-refractivity contribution in [1.29, 1.82) is 0 Å². The second-order valence-corrected chi connectivity index (χ2v) is 6.73. The van der Waals surface area contributed by atoms with Gasteiger partial charge in [-0.15, -0.1) is 0 Å². The summed E-state index contributed by atoms with van der Waals surface area (Å²) in [6, 6.07) is 11.7. The van der Waals surface area contributed by atoms with E-state index < -0.39 is 6.61 Å². The van der Waals surface area contributed by atoms with Crippen molar-refractivity contribution in [3.63, 3.8) is 0 Å². The first-order valence-electron chi connectivity index (χ1n) is 7.93. The Morgan fingerprint density at radius 3 is 2.67 bits per heavy atom. The maximum absolute atomic E-state index is 12.6. The van der Waals surface area contributed by atoms with Gasteiger partial charge in [-0.25, -0.2) is 0 Å². The maximum atomic E-state index is 12.6. The molecule has 1 aromatic heterocycles. The summed E-state index contributed by atoms with van der Waals surface area (Å²) in [4.78, 5) is 14.1. The van der Waals surface area contributed by atoms with E-state index in [4.69, 9.17) is 9.15 Å². The molecule has 142 valence electrons. The highest BCUT2D eigenvalue weighted by Crippen LogP contribution is 2.30. The molecule has 0 radical (unpaired) electrons. The molecule has 0 unspecified atom stereocenters. The van der Waals surface area contributed by atoms with Gasteiger partial charge in [0.15, 0.2) is 17.3 Å². The number of furan rings is 1. The number of methoxy groups -OCH3 is 1. The number of ether oxygens (including phenoxy) is 2. The van der Waals surface area contributed by atoms with Crippen molar-refractivity contribution >= 4 is 32.8 Å². The van der Waals surface area contributed by atoms with Gasteiger partial charge in [0, 0.05) is 23.5 Å². The largest absolute Gasteiger partial charge is 0.493 e. The van der Waals surface area contributed by atoms with Gasteiger partial charge in [0.05, 0.1) is 7.11 Å². The Balaban J connectivity index is 1.77. The number of benzene rings is 2. The first kappa shape index (κ1) is 19.2. The molecule has 0 aliphatic rings. The number of nitrogens with zero attached hydrogens (tertiary/aromatic N) is 1. The van der Waals surface area contributed by atoms with E-state index in [2.05, 4.69) is 20.7 Å². The number of hydrogen-bond donors (Lipinski definition) is 0. The molecule has 0 saturated heterocycles. The van der Waals surface area contributed by atoms with Crippen LogP contribution in [0.2, 0.25) is 0 Å². The van der Waals surface area contributed by atoms with Crippen molar-refractivity contribution < 1.29 is 27.5 Å². The van der Waals surface area contributed by atoms with Gasteiger partial charge in [-0.05, 0) is 42.0 Å². The Morgan fingerprint density at radius 1 is 1.19 bits per heavy atom. The summed E-state index contributed by atoms with van der Waals surface area (Å²) in [7, 11) is 2.99. The minimum Gasteiger partial charge on any atom is -0.493 e. The van der Waals surface area contributed by atoms with Crippen LogP contribution < -0.4 is 9.47 Å². The summed E-state index contributed by atoms with van der Waals surface area (Å²) < 4.78 is 40.8. The SMILES string of the molecule is COc1cc(CN(C)C(=O)c2cc3cc(Br)ccc3o2)ccc1OC(F)F. The number of carbonyl (C=O) groups is 1. The minimum absolute atomic E-state index is 0.0620. The number of halogens is 3. The van der Waals surface area contributed by atoms with Crippen LogP contribution in [0.1, 0.15) is 16.1 Å². The van der Waals surface area contributed by atoms with Gasteiger partial charge < -0.3 is 18.8 Å². The zero-order valence-corrected chi connectivity index (χ0v) is 16.1. The second-order valence-electron chi connectivity index (χ2n) is 5.82. The topological polar surface area (TPSA) is 51.9 Å². The minimum atomic E-state index is -2.94. The van der Waals surface area contributed by atoms with Gasteiger partial charge in [0.1, 0.15) is 5.58 Å². The molecular formula is C19H16BrF2NO4. The third-order valence-electron chi connectivity index (χ3n) is 3.90. The Morgan fingerprint density at radius 2 is 1.96 bits per heavy atom. The molecule has 0 aliphatic heterocycles. The van der Waals surface area contributed by atoms with Crippen molar-refractivity contribution in [3.05, 3.63) is 58.3 Å². The fourth-order valence-electron chi connectivity index (χ4n) is 2.66. The highest BCUT2D eigenvalue weighted by molar-refractivity contribution is 9.10. The number of rotatable bonds is 6. The molecule has 1 amide bonds. The molecule has 3 aromatic rings. The van der Waals surface area contributed by atoms with E-state index in [-0.39, 0.29) is 29.7 Å². The molecule has 5 nitrogen and oxygen atoms in total. The van der Waals surface area contributed by atoms with E-state index in [1.54, 1.807) is 31.3 Å². The first-order valence-corrected chi connectivity index (χ1v) is 8.73. The van der Waals surface area contributed by atoms with Crippen molar-refractivity contribution in [2.45, 2.75) is 13.2 Å². The quantitative estimate of drug-likeness (QED) is 0.537. The molecule has 8 heteroatoms. The third-order valence-corrected chi connectivity index (χ3v) is 4.39. The highest BCUT2D eigenvalue weighted by atomic mass is 79.9. The summed E-state index contributed by atoms with van der Waals surface area (Å²) >= 11 is 3.38. The number of alkyl halides is 2. The lowest BCUT2D eigenvalue weighted by atomic mass is 10.2. The van der Waals surface area contributed by atoms with Crippen molar-refractivity contribution in [2.75, 3.05) is 14.2 Å². The average molecular weight is 440 g/mol. The Labute approximate surface area is 162 Å². The predicted molar refractivity (Wildman–Crippen MR) is 99.3 cm³/mol. The van der Waals surface area contributed by atoms with Crippen LogP contribution in [0.15, 0.2) is 51.4 Å². The molecule has 0 aliphatic carbocycles. The molecule has 0 saturated carbocycles. The van der Waals surface area contributed by atoms with E-state index >= 15 is 0 Å². The number of hydrogen-bond acceptors (Lipinski definition) is 4. The van der Waals surface area contributed by atoms with Crippen molar-refractivity contribution in [1.82, 2.24) is 4.90 Å². The molecule has 0 fully saturated rings. The molecular weight excluding hydrogens is 424 g/mol. The van der Waals surface area contributed by atoms with Gasteiger partial charge in [0.2, 0.25) is 0 Å². The second kappa shape index (κ2) is 7.96. The van der Waals surface area contributed by atoms with Crippen LogP contribution in [0, 0.1) is 0 Å². The van der Waals surface area contributed by atoms with Crippen LogP contribution in [0.4, 0.5) is 8.78 Å². The molecule has 2 aromatic carbocycles. The predicted octanol–water partition coefficient (Wildman–Crippen LogP) is 5.08. The lowest BCUT2D eigenvalue weighted by molar-refractivity contribution is -0.0512. The summed E-state index contributed by atoms with van der Waals surface area (Å²) in [5, 5.41) is 0.816. The monoisotopic (exact) mass is 439 g/mol. The van der Waals surface area contributed by atoms with E-state index in [9.17, 15) is 13.6 Å². The van der Waals surface area contributed by atoms with Crippen LogP contribution in [0.25, 0.3) is 11.0 Å². The zero-order chi connectivity index (χ0) is 19.6. The standard InChI is InChI=1S/C19H16BrF2NO4/c1-23(10-11-3-5-15(27-19(21)22)16(7-11)25-2)18(24)17-9-12-8-13(20)4-6-14(12)26-17/h3-9,19H,10H2,1-2H3. The molecule has 0 bridgehead atoms. The van der Waals surface area contributed by atoms with Crippen LogP contribution >= 0.6 is 15.9 Å². The van der Waals surface area contributed by atoms with Gasteiger partial charge in [-0.2, -0.15) is 8.78 Å². The molecule has 1 heterocycles. The molecule has 0 spiro atoms. The molecule has 0 atom stereocenters. The molecule has 0 N–H and O–H groups in total. The first-order chi connectivity index (χ1) is 12.9. The fraction of sp³-hybridized carbons (Fsp3) is 0.211.